The second kappa shape index (κ2) is 10.2. The summed E-state index contributed by atoms with van der Waals surface area (Å²) in [4.78, 5) is 25.9. The highest BCUT2D eigenvalue weighted by Crippen LogP contribution is 2.67. The number of carbonyl (C=O) groups is 1. The first-order valence-electron chi connectivity index (χ1n) is 15.5. The fourth-order valence-electron chi connectivity index (χ4n) is 9.98. The normalized spacial score (nSPS) is 39.6. The van der Waals surface area contributed by atoms with Gasteiger partial charge in [0.1, 0.15) is 12.1 Å². The van der Waals surface area contributed by atoms with Gasteiger partial charge in [-0.15, -0.1) is 0 Å². The van der Waals surface area contributed by atoms with Crippen LogP contribution in [0.15, 0.2) is 30.2 Å². The zero-order chi connectivity index (χ0) is 26.5. The van der Waals surface area contributed by atoms with E-state index in [1.165, 1.54) is 38.5 Å². The van der Waals surface area contributed by atoms with Crippen molar-refractivity contribution in [3.8, 4) is 0 Å². The van der Waals surface area contributed by atoms with Crippen LogP contribution in [0.2, 0.25) is 0 Å². The van der Waals surface area contributed by atoms with Crippen LogP contribution >= 0.6 is 0 Å². The van der Waals surface area contributed by atoms with Crippen molar-refractivity contribution in [1.29, 1.82) is 0 Å². The lowest BCUT2D eigenvalue weighted by molar-refractivity contribution is -0.132. The molecule has 1 aromatic heterocycles. The van der Waals surface area contributed by atoms with Gasteiger partial charge in [0, 0.05) is 38.8 Å². The lowest BCUT2D eigenvalue weighted by Gasteiger charge is -2.58. The molecule has 38 heavy (non-hydrogen) atoms. The summed E-state index contributed by atoms with van der Waals surface area (Å²) >= 11 is 0. The smallest absolute Gasteiger partial charge is 0.222 e. The van der Waals surface area contributed by atoms with Crippen molar-refractivity contribution in [2.45, 2.75) is 91.1 Å². The molecule has 208 valence electrons. The summed E-state index contributed by atoms with van der Waals surface area (Å²) in [5.41, 5.74) is 2.31. The maximum Gasteiger partial charge on any atom is 0.222 e. The Labute approximate surface area is 229 Å². The van der Waals surface area contributed by atoms with Crippen molar-refractivity contribution in [2.75, 3.05) is 31.1 Å². The van der Waals surface area contributed by atoms with E-state index in [1.54, 1.807) is 18.1 Å². The van der Waals surface area contributed by atoms with Gasteiger partial charge in [-0.1, -0.05) is 32.4 Å². The van der Waals surface area contributed by atoms with Gasteiger partial charge in [-0.25, -0.2) is 9.97 Å². The summed E-state index contributed by atoms with van der Waals surface area (Å²) in [6.07, 6.45) is 17.2. The second-order valence-corrected chi connectivity index (χ2v) is 13.8. The minimum absolute atomic E-state index is 0.124. The molecule has 6 nitrogen and oxygen atoms in total. The molecule has 2 heterocycles. The Morgan fingerprint density at radius 1 is 1.11 bits per heavy atom. The molecule has 0 bridgehead atoms. The van der Waals surface area contributed by atoms with Crippen LogP contribution in [-0.4, -0.2) is 58.2 Å². The number of anilines is 1. The first kappa shape index (κ1) is 26.3. The molecule has 0 aromatic carbocycles. The molecule has 1 aromatic rings. The molecule has 1 N–H and O–H groups in total. The quantitative estimate of drug-likeness (QED) is 0.521. The van der Waals surface area contributed by atoms with Crippen LogP contribution in [0.1, 0.15) is 85.0 Å². The number of piperazine rings is 1. The summed E-state index contributed by atoms with van der Waals surface area (Å²) < 4.78 is 0. The fraction of sp³-hybridized carbons (Fsp3) is 0.781. The molecule has 1 unspecified atom stereocenters. The van der Waals surface area contributed by atoms with Crippen LogP contribution in [0.3, 0.4) is 0 Å². The Balaban J connectivity index is 1.04. The maximum absolute atomic E-state index is 13.2. The van der Waals surface area contributed by atoms with Gasteiger partial charge >= 0.3 is 0 Å². The standard InChI is InChI=1S/C32H48N4O2/c1-22(4-9-30(38)36-18-16-35(17-19-36)29-12-15-33-21-34-29)26-7-8-27-25-6-5-23-20-24(37)10-13-31(23,2)28(25)11-14-32(26,27)3/h5,12,15,21-22,24-28,37H,4,6-11,13-14,16-20H2,1-3H3/t22?,24-,25-,26+,27-,28-,31-,32+/m0/s1. The predicted molar refractivity (Wildman–Crippen MR) is 150 cm³/mol. The first-order valence-corrected chi connectivity index (χ1v) is 15.5. The zero-order valence-corrected chi connectivity index (χ0v) is 23.8. The third kappa shape index (κ3) is 4.49. The monoisotopic (exact) mass is 520 g/mol. The van der Waals surface area contributed by atoms with E-state index in [1.807, 2.05) is 6.07 Å². The molecule has 8 atom stereocenters. The Kier molecular flexibility index (Phi) is 7.07. The van der Waals surface area contributed by atoms with Crippen molar-refractivity contribution in [2.24, 2.45) is 40.4 Å². The lowest BCUT2D eigenvalue weighted by Crippen LogP contribution is -2.51. The van der Waals surface area contributed by atoms with Crippen LogP contribution in [-0.2, 0) is 4.79 Å². The lowest BCUT2D eigenvalue weighted by atomic mass is 9.47. The summed E-state index contributed by atoms with van der Waals surface area (Å²) in [5.74, 6) is 5.05. The number of carbonyl (C=O) groups excluding carboxylic acids is 1. The highest BCUT2D eigenvalue weighted by Gasteiger charge is 2.59. The zero-order valence-electron chi connectivity index (χ0n) is 23.8. The molecule has 0 radical (unpaired) electrons. The molecular formula is C32H48N4O2. The molecule has 1 amide bonds. The van der Waals surface area contributed by atoms with Gasteiger partial charge in [-0.2, -0.15) is 0 Å². The summed E-state index contributed by atoms with van der Waals surface area (Å²) in [6, 6.07) is 1.95. The Hall–Kier alpha value is -1.95. The highest BCUT2D eigenvalue weighted by molar-refractivity contribution is 5.76. The van der Waals surface area contributed by atoms with Gasteiger partial charge in [0.2, 0.25) is 5.91 Å². The van der Waals surface area contributed by atoms with E-state index in [2.05, 4.69) is 46.6 Å². The average molecular weight is 521 g/mol. The van der Waals surface area contributed by atoms with E-state index in [4.69, 9.17) is 0 Å². The number of hydrogen-bond acceptors (Lipinski definition) is 5. The molecule has 6 rings (SSSR count). The van der Waals surface area contributed by atoms with Crippen molar-refractivity contribution in [1.82, 2.24) is 14.9 Å². The van der Waals surface area contributed by atoms with Crippen LogP contribution in [0.25, 0.3) is 0 Å². The Morgan fingerprint density at radius 2 is 1.92 bits per heavy atom. The predicted octanol–water partition coefficient (Wildman–Crippen LogP) is 5.48. The van der Waals surface area contributed by atoms with Crippen LogP contribution in [0, 0.1) is 40.4 Å². The van der Waals surface area contributed by atoms with Crippen molar-refractivity contribution in [3.63, 3.8) is 0 Å². The molecule has 3 saturated carbocycles. The van der Waals surface area contributed by atoms with Crippen molar-refractivity contribution < 1.29 is 9.90 Å². The third-order valence-electron chi connectivity index (χ3n) is 12.2. The summed E-state index contributed by atoms with van der Waals surface area (Å²) in [5, 5.41) is 10.3. The summed E-state index contributed by atoms with van der Waals surface area (Å²) in [7, 11) is 0. The second-order valence-electron chi connectivity index (χ2n) is 13.8. The maximum atomic E-state index is 13.2. The van der Waals surface area contributed by atoms with Crippen molar-refractivity contribution >= 4 is 11.7 Å². The SMILES string of the molecule is CC(CCC(=O)N1CCN(c2ccncn2)CC1)[C@H]1CC[C@H]2[C@@H]3CC=C4C[C@@H](O)CC[C@]4(C)[C@H]3CC[C@]12C. The van der Waals surface area contributed by atoms with E-state index in [9.17, 15) is 9.90 Å². The number of hydrogen-bond donors (Lipinski definition) is 1. The van der Waals surface area contributed by atoms with E-state index >= 15 is 0 Å². The van der Waals surface area contributed by atoms with Gasteiger partial charge in [0.15, 0.2) is 0 Å². The highest BCUT2D eigenvalue weighted by atomic mass is 16.3. The molecular weight excluding hydrogens is 472 g/mol. The van der Waals surface area contributed by atoms with Gasteiger partial charge in [-0.3, -0.25) is 4.79 Å². The van der Waals surface area contributed by atoms with Gasteiger partial charge in [0.25, 0.3) is 0 Å². The van der Waals surface area contributed by atoms with E-state index in [0.29, 0.717) is 29.1 Å². The molecule has 4 fully saturated rings. The number of aliphatic hydroxyl groups excluding tert-OH is 1. The van der Waals surface area contributed by atoms with Crippen LogP contribution in [0.5, 0.6) is 0 Å². The molecule has 1 aliphatic heterocycles. The van der Waals surface area contributed by atoms with E-state index in [-0.39, 0.29) is 6.10 Å². The molecule has 0 spiro atoms. The minimum atomic E-state index is -0.124. The molecule has 1 saturated heterocycles. The summed E-state index contributed by atoms with van der Waals surface area (Å²) in [6.45, 7) is 10.8. The number of fused-ring (bicyclic) bond motifs is 5. The molecule has 5 aliphatic rings. The van der Waals surface area contributed by atoms with Gasteiger partial charge < -0.3 is 14.9 Å². The minimum Gasteiger partial charge on any atom is -0.393 e. The number of rotatable bonds is 5. The third-order valence-corrected chi connectivity index (χ3v) is 12.2. The number of aliphatic hydroxyl groups is 1. The van der Waals surface area contributed by atoms with Gasteiger partial charge in [-0.05, 0) is 104 Å². The number of amides is 1. The number of aromatic nitrogens is 2. The fourth-order valence-corrected chi connectivity index (χ4v) is 9.98. The number of allylic oxidation sites excluding steroid dienone is 1. The Morgan fingerprint density at radius 3 is 2.68 bits per heavy atom. The van der Waals surface area contributed by atoms with Crippen LogP contribution in [0.4, 0.5) is 5.82 Å². The Bertz CT molecular complexity index is 1040. The topological polar surface area (TPSA) is 69.6 Å². The molecule has 4 aliphatic carbocycles. The van der Waals surface area contributed by atoms with Crippen LogP contribution < -0.4 is 4.90 Å². The average Bonchev–Trinajstić information content (AvgIpc) is 3.30. The largest absolute Gasteiger partial charge is 0.393 e. The first-order chi connectivity index (χ1) is 18.3. The van der Waals surface area contributed by atoms with E-state index in [0.717, 1.165) is 74.9 Å². The molecule has 6 heteroatoms. The van der Waals surface area contributed by atoms with E-state index < -0.39 is 0 Å². The number of nitrogens with zero attached hydrogens (tertiary/aromatic N) is 4. The van der Waals surface area contributed by atoms with Gasteiger partial charge in [0.05, 0.1) is 6.10 Å². The van der Waals surface area contributed by atoms with Crippen molar-refractivity contribution in [3.05, 3.63) is 30.2 Å².